The number of nitrogens with zero attached hydrogens (tertiary/aromatic N) is 5. The lowest BCUT2D eigenvalue weighted by Gasteiger charge is -2.38. The van der Waals surface area contributed by atoms with Crippen molar-refractivity contribution in [2.24, 2.45) is 13.0 Å². The van der Waals surface area contributed by atoms with E-state index in [1.54, 1.807) is 35.6 Å². The van der Waals surface area contributed by atoms with Crippen LogP contribution in [0, 0.1) is 5.92 Å². The number of aryl methyl sites for hydroxylation is 1. The standard InChI is InChI=1S/C22H33N5O5S/c1-15-10-27(16(2)13-28)22(29)17-8-7-9-18(24(3)4)21(17)32-19(15)11-26(6)33(30,31)20-12-25(5)14-23-20/h7-9,12,14-16,19,28H,10-11,13H2,1-6H3/t15-,16+,19-/m1/s1. The summed E-state index contributed by atoms with van der Waals surface area (Å²) in [5.74, 6) is -0.0365. The molecule has 182 valence electrons. The van der Waals surface area contributed by atoms with Crippen LogP contribution in [-0.2, 0) is 17.1 Å². The first-order valence-corrected chi connectivity index (χ1v) is 12.2. The van der Waals surface area contributed by atoms with Crippen LogP contribution in [0.1, 0.15) is 24.2 Å². The molecule has 3 atom stereocenters. The Morgan fingerprint density at radius 1 is 1.30 bits per heavy atom. The molecule has 1 amide bonds. The molecule has 0 aliphatic carbocycles. The number of likely N-dealkylation sites (N-methyl/N-ethyl adjacent to an activating group) is 1. The first-order chi connectivity index (χ1) is 15.5. The van der Waals surface area contributed by atoms with Crippen LogP contribution >= 0.6 is 0 Å². The van der Waals surface area contributed by atoms with E-state index in [0.29, 0.717) is 23.5 Å². The molecule has 11 heteroatoms. The van der Waals surface area contributed by atoms with Crippen LogP contribution in [0.5, 0.6) is 5.75 Å². The third-order valence-corrected chi connectivity index (χ3v) is 7.65. The zero-order chi connectivity index (χ0) is 24.5. The Hall–Kier alpha value is -2.63. The van der Waals surface area contributed by atoms with Crippen molar-refractivity contribution >= 4 is 21.6 Å². The van der Waals surface area contributed by atoms with Crippen LogP contribution in [0.3, 0.4) is 0 Å². The Morgan fingerprint density at radius 3 is 2.58 bits per heavy atom. The molecule has 0 unspecified atom stereocenters. The number of sulfonamides is 1. The van der Waals surface area contributed by atoms with Crippen molar-refractivity contribution < 1.29 is 23.1 Å². The van der Waals surface area contributed by atoms with E-state index in [0.717, 1.165) is 0 Å². The average Bonchev–Trinajstić information content (AvgIpc) is 3.22. The van der Waals surface area contributed by atoms with Crippen molar-refractivity contribution in [2.75, 3.05) is 45.7 Å². The van der Waals surface area contributed by atoms with Gasteiger partial charge in [-0.3, -0.25) is 4.79 Å². The van der Waals surface area contributed by atoms with Gasteiger partial charge in [0.15, 0.2) is 10.8 Å². The fourth-order valence-electron chi connectivity index (χ4n) is 3.83. The van der Waals surface area contributed by atoms with Gasteiger partial charge in [0.1, 0.15) is 6.10 Å². The van der Waals surface area contributed by atoms with Crippen molar-refractivity contribution in [3.8, 4) is 5.75 Å². The maximum atomic E-state index is 13.4. The summed E-state index contributed by atoms with van der Waals surface area (Å²) in [5, 5.41) is 9.72. The number of ether oxygens (including phenoxy) is 1. The summed E-state index contributed by atoms with van der Waals surface area (Å²) < 4.78 is 35.3. The number of amides is 1. The summed E-state index contributed by atoms with van der Waals surface area (Å²) in [7, 11) is 3.09. The SMILES string of the molecule is C[C@@H]1CN([C@@H](C)CO)C(=O)c2cccc(N(C)C)c2O[C@@H]1CN(C)S(=O)(=O)c1cn(C)cn1. The van der Waals surface area contributed by atoms with Crippen LogP contribution in [0.25, 0.3) is 0 Å². The minimum Gasteiger partial charge on any atom is -0.486 e. The molecule has 1 aromatic carbocycles. The highest BCUT2D eigenvalue weighted by atomic mass is 32.2. The van der Waals surface area contributed by atoms with Gasteiger partial charge in [0, 0.05) is 46.9 Å². The Balaban J connectivity index is 2.02. The van der Waals surface area contributed by atoms with Crippen LogP contribution < -0.4 is 9.64 Å². The van der Waals surface area contributed by atoms with E-state index in [1.165, 1.54) is 23.9 Å². The maximum absolute atomic E-state index is 13.4. The molecule has 2 aromatic rings. The van der Waals surface area contributed by atoms with Gasteiger partial charge in [-0.1, -0.05) is 13.0 Å². The van der Waals surface area contributed by atoms with Crippen LogP contribution in [0.2, 0.25) is 0 Å². The number of hydrogen-bond donors (Lipinski definition) is 1. The third kappa shape index (κ3) is 4.99. The molecule has 1 N–H and O–H groups in total. The number of carbonyl (C=O) groups excluding carboxylic acids is 1. The molecule has 1 aliphatic rings. The van der Waals surface area contributed by atoms with E-state index in [2.05, 4.69) is 4.98 Å². The average molecular weight is 480 g/mol. The van der Waals surface area contributed by atoms with Crippen LogP contribution in [0.15, 0.2) is 35.7 Å². The minimum absolute atomic E-state index is 0.0360. The summed E-state index contributed by atoms with van der Waals surface area (Å²) >= 11 is 0. The maximum Gasteiger partial charge on any atom is 0.261 e. The lowest BCUT2D eigenvalue weighted by molar-refractivity contribution is 0.0388. The van der Waals surface area contributed by atoms with Crippen molar-refractivity contribution in [3.05, 3.63) is 36.3 Å². The molecular formula is C22H33N5O5S. The molecule has 3 rings (SSSR count). The second-order valence-corrected chi connectivity index (χ2v) is 10.8. The van der Waals surface area contributed by atoms with Crippen LogP contribution in [-0.4, -0.2) is 91.2 Å². The number of para-hydroxylation sites is 1. The summed E-state index contributed by atoms with van der Waals surface area (Å²) in [6, 6.07) is 4.94. The topological polar surface area (TPSA) is 108 Å². The molecule has 0 fully saturated rings. The number of imidazole rings is 1. The molecule has 10 nitrogen and oxygen atoms in total. The number of fused-ring (bicyclic) bond motifs is 1. The van der Waals surface area contributed by atoms with E-state index in [4.69, 9.17) is 4.74 Å². The lowest BCUT2D eigenvalue weighted by atomic mass is 9.99. The number of aliphatic hydroxyl groups is 1. The Kier molecular flexibility index (Phi) is 7.35. The molecule has 1 aromatic heterocycles. The Bertz CT molecular complexity index is 1100. The molecular weight excluding hydrogens is 446 g/mol. The monoisotopic (exact) mass is 479 g/mol. The van der Waals surface area contributed by atoms with Crippen molar-refractivity contribution in [1.29, 1.82) is 0 Å². The predicted molar refractivity (Wildman–Crippen MR) is 125 cm³/mol. The largest absolute Gasteiger partial charge is 0.486 e. The molecule has 0 bridgehead atoms. The van der Waals surface area contributed by atoms with E-state index in [-0.39, 0.29) is 30.0 Å². The van der Waals surface area contributed by atoms with E-state index < -0.39 is 22.2 Å². The van der Waals surface area contributed by atoms with Gasteiger partial charge in [0.05, 0.1) is 36.8 Å². The minimum atomic E-state index is -3.82. The van der Waals surface area contributed by atoms with Gasteiger partial charge in [-0.25, -0.2) is 13.4 Å². The number of hydrogen-bond acceptors (Lipinski definition) is 7. The molecule has 2 heterocycles. The van der Waals surface area contributed by atoms with Crippen molar-refractivity contribution in [1.82, 2.24) is 18.8 Å². The fraction of sp³-hybridized carbons (Fsp3) is 0.545. The Labute approximate surface area is 195 Å². The zero-order valence-corrected chi connectivity index (χ0v) is 20.8. The van der Waals surface area contributed by atoms with Gasteiger partial charge >= 0.3 is 0 Å². The number of rotatable bonds is 7. The second-order valence-electron chi connectivity index (χ2n) is 8.83. The molecule has 0 spiro atoms. The molecule has 1 aliphatic heterocycles. The third-order valence-electron chi connectivity index (χ3n) is 5.95. The van der Waals surface area contributed by atoms with Crippen LogP contribution in [0.4, 0.5) is 5.69 Å². The summed E-state index contributed by atoms with van der Waals surface area (Å²) in [6.07, 6.45) is 2.35. The van der Waals surface area contributed by atoms with Gasteiger partial charge in [-0.15, -0.1) is 0 Å². The molecule has 0 saturated heterocycles. The van der Waals surface area contributed by atoms with E-state index in [9.17, 15) is 18.3 Å². The van der Waals surface area contributed by atoms with Gasteiger partial charge < -0.3 is 24.2 Å². The van der Waals surface area contributed by atoms with Gasteiger partial charge in [-0.2, -0.15) is 4.31 Å². The van der Waals surface area contributed by atoms with E-state index >= 15 is 0 Å². The first-order valence-electron chi connectivity index (χ1n) is 10.8. The van der Waals surface area contributed by atoms with Crippen molar-refractivity contribution in [3.63, 3.8) is 0 Å². The first kappa shape index (κ1) is 25.0. The molecule has 0 radical (unpaired) electrons. The van der Waals surface area contributed by atoms with E-state index in [1.807, 2.05) is 32.0 Å². The summed E-state index contributed by atoms with van der Waals surface area (Å²) in [4.78, 5) is 20.9. The number of aliphatic hydroxyl groups excluding tert-OH is 1. The summed E-state index contributed by atoms with van der Waals surface area (Å²) in [6.45, 7) is 3.90. The lowest BCUT2D eigenvalue weighted by Crippen LogP contribution is -2.50. The molecule has 33 heavy (non-hydrogen) atoms. The fourth-order valence-corrected chi connectivity index (χ4v) is 4.97. The highest BCUT2D eigenvalue weighted by molar-refractivity contribution is 7.89. The quantitative estimate of drug-likeness (QED) is 0.632. The highest BCUT2D eigenvalue weighted by Crippen LogP contribution is 2.36. The smallest absolute Gasteiger partial charge is 0.261 e. The van der Waals surface area contributed by atoms with Crippen molar-refractivity contribution in [2.45, 2.75) is 31.0 Å². The normalized spacial score (nSPS) is 20.1. The van der Waals surface area contributed by atoms with Gasteiger partial charge in [-0.05, 0) is 19.1 Å². The number of aromatic nitrogens is 2. The summed E-state index contributed by atoms with van der Waals surface area (Å²) in [5.41, 5.74) is 1.10. The highest BCUT2D eigenvalue weighted by Gasteiger charge is 2.36. The van der Waals surface area contributed by atoms with Gasteiger partial charge in [0.2, 0.25) is 0 Å². The number of benzene rings is 1. The van der Waals surface area contributed by atoms with Gasteiger partial charge in [0.25, 0.3) is 15.9 Å². The Morgan fingerprint density at radius 2 is 2.00 bits per heavy atom. The number of carbonyl (C=O) groups is 1. The zero-order valence-electron chi connectivity index (χ0n) is 20.0. The number of anilines is 1. The predicted octanol–water partition coefficient (Wildman–Crippen LogP) is 1.03. The second kappa shape index (κ2) is 9.70. The molecule has 0 saturated carbocycles.